The Labute approximate surface area is 162 Å². The van der Waals surface area contributed by atoms with Gasteiger partial charge in [-0.2, -0.15) is 0 Å². The van der Waals surface area contributed by atoms with Crippen LogP contribution >= 0.6 is 0 Å². The molecule has 0 saturated carbocycles. The van der Waals surface area contributed by atoms with Crippen molar-refractivity contribution in [3.63, 3.8) is 0 Å². The highest BCUT2D eigenvalue weighted by molar-refractivity contribution is 6.16. The molecule has 0 aliphatic rings. The van der Waals surface area contributed by atoms with Crippen LogP contribution in [0.2, 0.25) is 0 Å². The molecule has 0 fully saturated rings. The highest BCUT2D eigenvalue weighted by Gasteiger charge is 2.17. The fourth-order valence-electron chi connectivity index (χ4n) is 2.56. The number of anilines is 1. The molecule has 3 rings (SSSR count). The molecule has 0 N–H and O–H groups in total. The number of carbonyl (C=O) groups excluding carboxylic acids is 1. The third-order valence-corrected chi connectivity index (χ3v) is 4.21. The molecule has 3 aromatic carbocycles. The number of non-ortho nitro benzene ring substituents is 1. The van der Waals surface area contributed by atoms with Gasteiger partial charge in [0.05, 0.1) is 16.3 Å². The smallest absolute Gasteiger partial charge is 0.268 e. The highest BCUT2D eigenvalue weighted by atomic mass is 16.6. The minimum Gasteiger partial charge on any atom is -0.268 e. The van der Waals surface area contributed by atoms with Gasteiger partial charge in [0.2, 0.25) is 0 Å². The molecule has 0 aliphatic heterocycles. The minimum absolute atomic E-state index is 0.0632. The van der Waals surface area contributed by atoms with Crippen molar-refractivity contribution in [2.75, 3.05) is 4.90 Å². The van der Waals surface area contributed by atoms with E-state index in [0.717, 1.165) is 16.8 Å². The average Bonchev–Trinajstić information content (AvgIpc) is 2.70. The summed E-state index contributed by atoms with van der Waals surface area (Å²) in [4.78, 5) is 29.2. The first kappa shape index (κ1) is 19.0. The van der Waals surface area contributed by atoms with E-state index in [1.54, 1.807) is 0 Å². The Kier molecular flexibility index (Phi) is 5.60. The van der Waals surface area contributed by atoms with Crippen LogP contribution < -0.4 is 4.90 Å². The van der Waals surface area contributed by atoms with E-state index in [0.29, 0.717) is 11.3 Å². The molecule has 0 bridgehead atoms. The molecule has 0 unspecified atom stereocenters. The second-order valence-electron chi connectivity index (χ2n) is 6.39. The molecule has 0 heterocycles. The lowest BCUT2D eigenvalue weighted by Crippen LogP contribution is -2.29. The normalized spacial score (nSPS) is 10.8. The number of aliphatic imine (C=N–C) groups is 1. The zero-order valence-electron chi connectivity index (χ0n) is 15.6. The lowest BCUT2D eigenvalue weighted by atomic mass is 10.1. The fourth-order valence-corrected chi connectivity index (χ4v) is 2.56. The van der Waals surface area contributed by atoms with Gasteiger partial charge >= 0.3 is 0 Å². The Balaban J connectivity index is 1.95. The van der Waals surface area contributed by atoms with Gasteiger partial charge in [-0.05, 0) is 50.2 Å². The van der Waals surface area contributed by atoms with Crippen LogP contribution in [0.15, 0.2) is 77.8 Å². The summed E-state index contributed by atoms with van der Waals surface area (Å²) in [6, 6.07) is 20.6. The number of nitrogens with zero attached hydrogens (tertiary/aromatic N) is 3. The molecule has 6 nitrogen and oxygen atoms in total. The van der Waals surface area contributed by atoms with Gasteiger partial charge in [-0.1, -0.05) is 35.4 Å². The Morgan fingerprint density at radius 3 is 1.96 bits per heavy atom. The number of aryl methyl sites for hydroxylation is 2. The first-order valence-electron chi connectivity index (χ1n) is 8.69. The maximum absolute atomic E-state index is 13.1. The number of benzene rings is 3. The first-order valence-corrected chi connectivity index (χ1v) is 8.69. The summed E-state index contributed by atoms with van der Waals surface area (Å²) in [7, 11) is 0. The van der Waals surface area contributed by atoms with Gasteiger partial charge in [-0.3, -0.25) is 19.8 Å². The van der Waals surface area contributed by atoms with E-state index in [2.05, 4.69) is 4.99 Å². The quantitative estimate of drug-likeness (QED) is 0.266. The van der Waals surface area contributed by atoms with Crippen molar-refractivity contribution in [1.29, 1.82) is 0 Å². The number of hydrogen-bond acceptors (Lipinski definition) is 4. The molecular weight excluding hydrogens is 354 g/mol. The monoisotopic (exact) mass is 373 g/mol. The topological polar surface area (TPSA) is 75.8 Å². The molecule has 0 radical (unpaired) electrons. The lowest BCUT2D eigenvalue weighted by molar-refractivity contribution is -0.384. The maximum Gasteiger partial charge on any atom is 0.269 e. The standard InChI is InChI=1S/C22H19N3O3/c1-16-3-9-19(10-4-16)23-15-24(20-11-5-17(2)6-12-20)22(26)18-7-13-21(14-8-18)25(27)28/h3-15H,1-2H3. The van der Waals surface area contributed by atoms with Crippen LogP contribution in [0.25, 0.3) is 0 Å². The van der Waals surface area contributed by atoms with Gasteiger partial charge in [0, 0.05) is 17.7 Å². The third kappa shape index (κ3) is 4.48. The van der Waals surface area contributed by atoms with Gasteiger partial charge in [0.1, 0.15) is 6.34 Å². The molecule has 140 valence electrons. The Morgan fingerprint density at radius 1 is 0.893 bits per heavy atom. The van der Waals surface area contributed by atoms with Crippen LogP contribution in [-0.2, 0) is 0 Å². The number of rotatable bonds is 5. The summed E-state index contributed by atoms with van der Waals surface area (Å²) in [5, 5.41) is 10.8. The molecule has 28 heavy (non-hydrogen) atoms. The van der Waals surface area contributed by atoms with Gasteiger partial charge in [-0.25, -0.2) is 4.99 Å². The minimum atomic E-state index is -0.495. The zero-order chi connectivity index (χ0) is 20.1. The van der Waals surface area contributed by atoms with Crippen LogP contribution in [-0.4, -0.2) is 17.2 Å². The van der Waals surface area contributed by atoms with Gasteiger partial charge < -0.3 is 0 Å². The van der Waals surface area contributed by atoms with Crippen molar-refractivity contribution in [3.05, 3.63) is 99.6 Å². The van der Waals surface area contributed by atoms with Crippen molar-refractivity contribution in [2.24, 2.45) is 4.99 Å². The van der Waals surface area contributed by atoms with Gasteiger partial charge in [0.15, 0.2) is 0 Å². The zero-order valence-corrected chi connectivity index (χ0v) is 15.6. The SMILES string of the molecule is Cc1ccc(N=CN(C(=O)c2ccc([N+](=O)[O-])cc2)c2ccc(C)cc2)cc1. The summed E-state index contributed by atoms with van der Waals surface area (Å²) in [5.41, 5.74) is 3.84. The predicted octanol–water partition coefficient (Wildman–Crippen LogP) is 5.22. The van der Waals surface area contributed by atoms with Crippen molar-refractivity contribution in [2.45, 2.75) is 13.8 Å². The fraction of sp³-hybridized carbons (Fsp3) is 0.0909. The summed E-state index contributed by atoms with van der Waals surface area (Å²) in [6.07, 6.45) is 1.47. The second kappa shape index (κ2) is 8.26. The van der Waals surface area contributed by atoms with Crippen LogP contribution in [0.1, 0.15) is 21.5 Å². The molecule has 0 aliphatic carbocycles. The second-order valence-corrected chi connectivity index (χ2v) is 6.39. The number of nitro benzene ring substituents is 1. The molecule has 6 heteroatoms. The van der Waals surface area contributed by atoms with E-state index in [1.807, 2.05) is 62.4 Å². The van der Waals surface area contributed by atoms with E-state index in [1.165, 1.54) is 35.5 Å². The predicted molar refractivity (Wildman–Crippen MR) is 110 cm³/mol. The Bertz CT molecular complexity index is 1010. The number of hydrogen-bond donors (Lipinski definition) is 0. The number of nitro groups is 1. The molecule has 0 atom stereocenters. The summed E-state index contributed by atoms with van der Waals surface area (Å²) in [6.45, 7) is 3.96. The van der Waals surface area contributed by atoms with Gasteiger partial charge in [0.25, 0.3) is 11.6 Å². The van der Waals surface area contributed by atoms with Crippen LogP contribution in [0.3, 0.4) is 0 Å². The molecule has 0 aromatic heterocycles. The number of amides is 1. The first-order chi connectivity index (χ1) is 13.4. The van der Waals surface area contributed by atoms with E-state index >= 15 is 0 Å². The highest BCUT2D eigenvalue weighted by Crippen LogP contribution is 2.20. The van der Waals surface area contributed by atoms with Crippen LogP contribution in [0, 0.1) is 24.0 Å². The summed E-state index contributed by atoms with van der Waals surface area (Å²) in [5.74, 6) is -0.324. The molecule has 1 amide bonds. The van der Waals surface area contributed by atoms with Crippen LogP contribution in [0.4, 0.5) is 17.1 Å². The van der Waals surface area contributed by atoms with Crippen molar-refractivity contribution >= 4 is 29.3 Å². The van der Waals surface area contributed by atoms with Crippen molar-refractivity contribution < 1.29 is 9.72 Å². The van der Waals surface area contributed by atoms with Crippen molar-refractivity contribution in [1.82, 2.24) is 0 Å². The summed E-state index contributed by atoms with van der Waals surface area (Å²) >= 11 is 0. The molecular formula is C22H19N3O3. The van der Waals surface area contributed by atoms with Crippen LogP contribution in [0.5, 0.6) is 0 Å². The molecule has 3 aromatic rings. The molecule has 0 spiro atoms. The van der Waals surface area contributed by atoms with E-state index in [4.69, 9.17) is 0 Å². The van der Waals surface area contributed by atoms with E-state index in [9.17, 15) is 14.9 Å². The third-order valence-electron chi connectivity index (χ3n) is 4.21. The summed E-state index contributed by atoms with van der Waals surface area (Å²) < 4.78 is 0. The lowest BCUT2D eigenvalue weighted by Gasteiger charge is -2.18. The largest absolute Gasteiger partial charge is 0.269 e. The van der Waals surface area contributed by atoms with E-state index < -0.39 is 4.92 Å². The van der Waals surface area contributed by atoms with Gasteiger partial charge in [-0.15, -0.1) is 0 Å². The average molecular weight is 373 g/mol. The van der Waals surface area contributed by atoms with E-state index in [-0.39, 0.29) is 11.6 Å². The molecule has 0 saturated heterocycles. The Morgan fingerprint density at radius 2 is 1.43 bits per heavy atom. The Hall–Kier alpha value is -3.80. The van der Waals surface area contributed by atoms with Crippen molar-refractivity contribution in [3.8, 4) is 0 Å². The maximum atomic E-state index is 13.1. The number of carbonyl (C=O) groups is 1.